The number of imidazole rings is 2. The molecule has 0 saturated carbocycles. The second-order valence-corrected chi connectivity index (χ2v) is 4.01. The Bertz CT molecular complexity index is 685. The van der Waals surface area contributed by atoms with E-state index in [1.807, 2.05) is 10.8 Å². The monoisotopic (exact) mass is 245 g/mol. The standard InChI is InChI=1S/C12H12FN5/c13-8-2-1-3-9-11(8)17-12(16-9)10-6-18(5-4-14)7-15-10/h1-3,6-7H,4-5,14H2,(H,16,17). The summed E-state index contributed by atoms with van der Waals surface area (Å²) >= 11 is 0. The third-order valence-electron chi connectivity index (χ3n) is 2.73. The Labute approximate surface area is 102 Å². The largest absolute Gasteiger partial charge is 0.337 e. The first-order chi connectivity index (χ1) is 8.78. The average Bonchev–Trinajstić information content (AvgIpc) is 2.96. The summed E-state index contributed by atoms with van der Waals surface area (Å²) in [6, 6.07) is 4.82. The first-order valence-corrected chi connectivity index (χ1v) is 5.64. The lowest BCUT2D eigenvalue weighted by molar-refractivity contribution is 0.637. The van der Waals surface area contributed by atoms with Crippen molar-refractivity contribution in [3.05, 3.63) is 36.5 Å². The average molecular weight is 245 g/mol. The number of rotatable bonds is 3. The summed E-state index contributed by atoms with van der Waals surface area (Å²) in [7, 11) is 0. The molecule has 2 heterocycles. The minimum absolute atomic E-state index is 0.334. The second kappa shape index (κ2) is 4.23. The number of H-pyrrole nitrogens is 1. The molecule has 5 nitrogen and oxygen atoms in total. The van der Waals surface area contributed by atoms with Gasteiger partial charge in [-0.3, -0.25) is 0 Å². The van der Waals surface area contributed by atoms with E-state index in [2.05, 4.69) is 15.0 Å². The number of nitrogens with one attached hydrogen (secondary N) is 1. The minimum Gasteiger partial charge on any atom is -0.337 e. The zero-order chi connectivity index (χ0) is 12.5. The number of para-hydroxylation sites is 1. The number of fused-ring (bicyclic) bond motifs is 1. The van der Waals surface area contributed by atoms with Crippen LogP contribution < -0.4 is 5.73 Å². The van der Waals surface area contributed by atoms with Crippen molar-refractivity contribution < 1.29 is 4.39 Å². The molecule has 1 aromatic carbocycles. The highest BCUT2D eigenvalue weighted by Crippen LogP contribution is 2.20. The Balaban J connectivity index is 2.05. The molecule has 3 aromatic rings. The number of hydrogen-bond acceptors (Lipinski definition) is 3. The summed E-state index contributed by atoms with van der Waals surface area (Å²) in [5.41, 5.74) is 7.15. The molecule has 0 fully saturated rings. The van der Waals surface area contributed by atoms with Gasteiger partial charge >= 0.3 is 0 Å². The van der Waals surface area contributed by atoms with E-state index >= 15 is 0 Å². The minimum atomic E-state index is -0.337. The van der Waals surface area contributed by atoms with Gasteiger partial charge < -0.3 is 15.3 Å². The molecular formula is C12H12FN5. The molecule has 0 aliphatic heterocycles. The first kappa shape index (κ1) is 10.9. The van der Waals surface area contributed by atoms with Gasteiger partial charge in [0.25, 0.3) is 0 Å². The molecule has 0 aliphatic rings. The van der Waals surface area contributed by atoms with Gasteiger partial charge in [0, 0.05) is 19.3 Å². The van der Waals surface area contributed by atoms with Crippen molar-refractivity contribution in [1.29, 1.82) is 0 Å². The number of nitrogens with two attached hydrogens (primary N) is 1. The van der Waals surface area contributed by atoms with Gasteiger partial charge in [0.15, 0.2) is 11.6 Å². The van der Waals surface area contributed by atoms with Crippen LogP contribution in [0.25, 0.3) is 22.6 Å². The van der Waals surface area contributed by atoms with Crippen LogP contribution in [0.4, 0.5) is 4.39 Å². The van der Waals surface area contributed by atoms with Crippen molar-refractivity contribution >= 4 is 11.0 Å². The molecular weight excluding hydrogens is 233 g/mol. The topological polar surface area (TPSA) is 72.5 Å². The zero-order valence-electron chi connectivity index (χ0n) is 9.60. The summed E-state index contributed by atoms with van der Waals surface area (Å²) in [5.74, 6) is 0.224. The van der Waals surface area contributed by atoms with E-state index in [9.17, 15) is 4.39 Å². The van der Waals surface area contributed by atoms with Crippen LogP contribution in [0.1, 0.15) is 0 Å². The molecule has 0 radical (unpaired) electrons. The Kier molecular flexibility index (Phi) is 2.56. The molecule has 3 N–H and O–H groups in total. The maximum absolute atomic E-state index is 13.5. The van der Waals surface area contributed by atoms with Gasteiger partial charge in [-0.25, -0.2) is 14.4 Å². The van der Waals surface area contributed by atoms with E-state index in [4.69, 9.17) is 5.73 Å². The van der Waals surface area contributed by atoms with E-state index in [1.54, 1.807) is 18.5 Å². The number of benzene rings is 1. The van der Waals surface area contributed by atoms with E-state index in [1.165, 1.54) is 6.07 Å². The summed E-state index contributed by atoms with van der Waals surface area (Å²) < 4.78 is 15.4. The van der Waals surface area contributed by atoms with E-state index in [0.717, 1.165) is 0 Å². The number of nitrogens with zero attached hydrogens (tertiary/aromatic N) is 3. The highest BCUT2D eigenvalue weighted by Gasteiger charge is 2.10. The van der Waals surface area contributed by atoms with Crippen molar-refractivity contribution in [2.24, 2.45) is 5.73 Å². The third kappa shape index (κ3) is 1.76. The fourth-order valence-corrected chi connectivity index (χ4v) is 1.87. The number of halogens is 1. The lowest BCUT2D eigenvalue weighted by Crippen LogP contribution is -2.07. The Morgan fingerprint density at radius 2 is 2.28 bits per heavy atom. The molecule has 0 bridgehead atoms. The second-order valence-electron chi connectivity index (χ2n) is 4.01. The Morgan fingerprint density at radius 1 is 1.39 bits per heavy atom. The van der Waals surface area contributed by atoms with Gasteiger partial charge in [-0.05, 0) is 12.1 Å². The molecule has 18 heavy (non-hydrogen) atoms. The van der Waals surface area contributed by atoms with Crippen LogP contribution in [0.2, 0.25) is 0 Å². The molecule has 3 rings (SSSR count). The normalized spacial score (nSPS) is 11.2. The molecule has 92 valence electrons. The van der Waals surface area contributed by atoms with Crippen LogP contribution in [0.3, 0.4) is 0 Å². The van der Waals surface area contributed by atoms with Crippen LogP contribution >= 0.6 is 0 Å². The van der Waals surface area contributed by atoms with Crippen LogP contribution in [-0.4, -0.2) is 26.1 Å². The molecule has 0 aliphatic carbocycles. The number of aromatic amines is 1. The van der Waals surface area contributed by atoms with E-state index in [0.29, 0.717) is 35.6 Å². The summed E-state index contributed by atoms with van der Waals surface area (Å²) in [4.78, 5) is 11.5. The van der Waals surface area contributed by atoms with Crippen molar-refractivity contribution in [2.45, 2.75) is 6.54 Å². The molecule has 0 saturated heterocycles. The smallest absolute Gasteiger partial charge is 0.158 e. The molecule has 0 atom stereocenters. The highest BCUT2D eigenvalue weighted by molar-refractivity contribution is 5.79. The van der Waals surface area contributed by atoms with Crippen LogP contribution in [0.5, 0.6) is 0 Å². The SMILES string of the molecule is NCCn1cnc(-c2nc3c(F)cccc3[nH]2)c1. The fourth-order valence-electron chi connectivity index (χ4n) is 1.87. The maximum Gasteiger partial charge on any atom is 0.158 e. The molecule has 0 amide bonds. The van der Waals surface area contributed by atoms with Gasteiger partial charge in [-0.2, -0.15) is 0 Å². The zero-order valence-corrected chi connectivity index (χ0v) is 9.60. The van der Waals surface area contributed by atoms with Crippen molar-refractivity contribution in [2.75, 3.05) is 6.54 Å². The van der Waals surface area contributed by atoms with Crippen molar-refractivity contribution in [3.63, 3.8) is 0 Å². The van der Waals surface area contributed by atoms with Crippen molar-refractivity contribution in [1.82, 2.24) is 19.5 Å². The summed E-state index contributed by atoms with van der Waals surface area (Å²) in [6.45, 7) is 1.24. The van der Waals surface area contributed by atoms with Crippen LogP contribution in [-0.2, 0) is 6.54 Å². The molecule has 2 aromatic heterocycles. The fraction of sp³-hybridized carbons (Fsp3) is 0.167. The maximum atomic E-state index is 13.5. The summed E-state index contributed by atoms with van der Waals surface area (Å²) in [6.07, 6.45) is 3.52. The Hall–Kier alpha value is -2.21. The van der Waals surface area contributed by atoms with Gasteiger partial charge in [0.1, 0.15) is 11.2 Å². The molecule has 0 unspecified atom stereocenters. The van der Waals surface area contributed by atoms with Crippen molar-refractivity contribution in [3.8, 4) is 11.5 Å². The first-order valence-electron chi connectivity index (χ1n) is 5.64. The van der Waals surface area contributed by atoms with Gasteiger partial charge in [0.2, 0.25) is 0 Å². The van der Waals surface area contributed by atoms with Gasteiger partial charge in [-0.1, -0.05) is 6.07 Å². The van der Waals surface area contributed by atoms with Gasteiger partial charge in [-0.15, -0.1) is 0 Å². The quantitative estimate of drug-likeness (QED) is 0.735. The highest BCUT2D eigenvalue weighted by atomic mass is 19.1. The number of hydrogen-bond donors (Lipinski definition) is 2. The molecule has 6 heteroatoms. The van der Waals surface area contributed by atoms with Crippen LogP contribution in [0.15, 0.2) is 30.7 Å². The molecule has 0 spiro atoms. The summed E-state index contributed by atoms with van der Waals surface area (Å²) in [5, 5.41) is 0. The third-order valence-corrected chi connectivity index (χ3v) is 2.73. The predicted octanol–water partition coefficient (Wildman–Crippen LogP) is 1.52. The van der Waals surface area contributed by atoms with E-state index < -0.39 is 0 Å². The predicted molar refractivity (Wildman–Crippen MR) is 66.3 cm³/mol. The lowest BCUT2D eigenvalue weighted by atomic mass is 10.3. The van der Waals surface area contributed by atoms with E-state index in [-0.39, 0.29) is 5.82 Å². The van der Waals surface area contributed by atoms with Crippen LogP contribution in [0, 0.1) is 5.82 Å². The number of aromatic nitrogens is 4. The lowest BCUT2D eigenvalue weighted by Gasteiger charge is -1.94. The Morgan fingerprint density at radius 3 is 3.06 bits per heavy atom. The van der Waals surface area contributed by atoms with Gasteiger partial charge in [0.05, 0.1) is 11.8 Å².